The van der Waals surface area contributed by atoms with Gasteiger partial charge >= 0.3 is 0 Å². The molecule has 4 fully saturated rings. The first-order valence-electron chi connectivity index (χ1n) is 12.7. The van der Waals surface area contributed by atoms with Gasteiger partial charge < -0.3 is 15.3 Å². The van der Waals surface area contributed by atoms with E-state index in [4.69, 9.17) is 0 Å². The molecule has 4 heteroatoms. The molecule has 3 N–H and O–H groups in total. The van der Waals surface area contributed by atoms with Crippen molar-refractivity contribution in [3.63, 3.8) is 0 Å². The van der Waals surface area contributed by atoms with E-state index in [9.17, 15) is 15.3 Å². The first-order valence-corrected chi connectivity index (χ1v) is 14.2. The van der Waals surface area contributed by atoms with Gasteiger partial charge in [0.25, 0.3) is 0 Å². The maximum Gasteiger partial charge on any atom is 0.0573 e. The van der Waals surface area contributed by atoms with Crippen molar-refractivity contribution in [1.29, 1.82) is 0 Å². The molecule has 0 aromatic heterocycles. The van der Waals surface area contributed by atoms with Crippen molar-refractivity contribution in [2.75, 3.05) is 11.0 Å². The number of hydrogen-bond donors (Lipinski definition) is 3. The van der Waals surface area contributed by atoms with Gasteiger partial charge in [0.15, 0.2) is 0 Å². The van der Waals surface area contributed by atoms with Crippen LogP contribution in [0.1, 0.15) is 91.9 Å². The molecule has 30 heavy (non-hydrogen) atoms. The molecule has 0 aromatic rings. The Morgan fingerprint density at radius 1 is 0.767 bits per heavy atom. The lowest BCUT2D eigenvalue weighted by atomic mass is 9.62. The summed E-state index contributed by atoms with van der Waals surface area (Å²) in [7, 11) is 0. The van der Waals surface area contributed by atoms with E-state index in [1.165, 1.54) is 43.0 Å². The van der Waals surface area contributed by atoms with E-state index in [2.05, 4.69) is 50.3 Å². The fourth-order valence-electron chi connectivity index (χ4n) is 8.48. The second kappa shape index (κ2) is 10.3. The Morgan fingerprint density at radius 3 is 1.60 bits per heavy atom. The van der Waals surface area contributed by atoms with Crippen LogP contribution in [0.15, 0.2) is 0 Å². The molecule has 3 nitrogen and oxygen atoms in total. The Labute approximate surface area is 198 Å². The number of rotatable bonds is 4. The number of aliphatic hydroxyl groups excluding tert-OH is 3. The Kier molecular flexibility index (Phi) is 8.63. The van der Waals surface area contributed by atoms with Crippen LogP contribution in [0, 0.1) is 46.3 Å². The third-order valence-corrected chi connectivity index (χ3v) is 11.6. The van der Waals surface area contributed by atoms with Crippen molar-refractivity contribution in [3.05, 3.63) is 0 Å². The smallest absolute Gasteiger partial charge is 0.0573 e. The standard InChI is InChI=1S/C13H23IO.C13H24O2/c2*1-9(8-14)10-5-6-11-12(15)4-3-7-13(10,11)2/h9-12,15H,3-8H2,1-2H3;9-12,14-15H,3-8H2,1-2H3/t2*9-,10-,11+,12+,13-/m11/s1. The predicted molar refractivity (Wildman–Crippen MR) is 133 cm³/mol. The number of fused-ring (bicyclic) bond motifs is 2. The minimum atomic E-state index is -0.0837. The van der Waals surface area contributed by atoms with Crippen LogP contribution in [0.3, 0.4) is 0 Å². The van der Waals surface area contributed by atoms with Crippen molar-refractivity contribution in [2.24, 2.45) is 46.3 Å². The monoisotopic (exact) mass is 534 g/mol. The maximum atomic E-state index is 10.1. The van der Waals surface area contributed by atoms with Gasteiger partial charge in [0.05, 0.1) is 12.2 Å². The van der Waals surface area contributed by atoms with Crippen LogP contribution in [-0.4, -0.2) is 38.6 Å². The fraction of sp³-hybridized carbons (Fsp3) is 1.00. The fourth-order valence-corrected chi connectivity index (χ4v) is 9.10. The average molecular weight is 535 g/mol. The number of aliphatic hydroxyl groups is 3. The van der Waals surface area contributed by atoms with Crippen LogP contribution in [0.5, 0.6) is 0 Å². The third kappa shape index (κ3) is 4.63. The van der Waals surface area contributed by atoms with Crippen molar-refractivity contribution in [3.8, 4) is 0 Å². The Bertz CT molecular complexity index is 508. The van der Waals surface area contributed by atoms with Gasteiger partial charge in [-0.1, -0.05) is 63.1 Å². The molecule has 4 rings (SSSR count). The minimum absolute atomic E-state index is 0.00448. The van der Waals surface area contributed by atoms with E-state index < -0.39 is 0 Å². The Balaban J connectivity index is 0.000000171. The molecule has 0 saturated heterocycles. The molecule has 10 atom stereocenters. The molecule has 0 bridgehead atoms. The first-order chi connectivity index (χ1) is 14.2. The topological polar surface area (TPSA) is 60.7 Å². The number of hydrogen-bond acceptors (Lipinski definition) is 3. The largest absolute Gasteiger partial charge is 0.396 e. The zero-order valence-electron chi connectivity index (χ0n) is 19.8. The highest BCUT2D eigenvalue weighted by Crippen LogP contribution is 2.58. The van der Waals surface area contributed by atoms with Crippen molar-refractivity contribution < 1.29 is 15.3 Å². The van der Waals surface area contributed by atoms with Gasteiger partial charge in [-0.25, -0.2) is 0 Å². The zero-order chi connectivity index (χ0) is 22.1. The maximum absolute atomic E-state index is 10.1. The summed E-state index contributed by atoms with van der Waals surface area (Å²) < 4.78 is 1.26. The van der Waals surface area contributed by atoms with Gasteiger partial charge in [-0.3, -0.25) is 0 Å². The molecule has 0 amide bonds. The molecule has 0 aliphatic heterocycles. The second-order valence-corrected chi connectivity index (χ2v) is 12.7. The molecular formula is C26H47IO3. The lowest BCUT2D eigenvalue weighted by Gasteiger charge is -2.45. The first kappa shape index (κ1) is 25.2. The van der Waals surface area contributed by atoms with Crippen molar-refractivity contribution in [1.82, 2.24) is 0 Å². The molecule has 4 saturated carbocycles. The SMILES string of the molecule is C[C@H](CI)[C@H]1CC[C@H]2[C@@H](O)CCC[C@]12C.C[C@H](CO)[C@H]1CC[C@H]2[C@@H](O)CCC[C@]12C. The number of halogens is 1. The molecule has 0 heterocycles. The van der Waals surface area contributed by atoms with Crippen LogP contribution < -0.4 is 0 Å². The highest BCUT2D eigenvalue weighted by atomic mass is 127. The normalized spacial score (nSPS) is 47.6. The van der Waals surface area contributed by atoms with E-state index in [0.717, 1.165) is 37.5 Å². The third-order valence-electron chi connectivity index (χ3n) is 10.2. The quantitative estimate of drug-likeness (QED) is 0.314. The van der Waals surface area contributed by atoms with Gasteiger partial charge in [-0.15, -0.1) is 0 Å². The predicted octanol–water partition coefficient (Wildman–Crippen LogP) is 5.83. The van der Waals surface area contributed by atoms with E-state index in [0.29, 0.717) is 41.1 Å². The molecule has 0 aromatic carbocycles. The lowest BCUT2D eigenvalue weighted by molar-refractivity contribution is -0.0321. The van der Waals surface area contributed by atoms with Crippen LogP contribution in [0.4, 0.5) is 0 Å². The van der Waals surface area contributed by atoms with Crippen molar-refractivity contribution in [2.45, 2.75) is 104 Å². The molecule has 4 aliphatic rings. The molecule has 0 radical (unpaired) electrons. The summed E-state index contributed by atoms with van der Waals surface area (Å²) in [6.45, 7) is 9.62. The zero-order valence-corrected chi connectivity index (χ0v) is 22.0. The van der Waals surface area contributed by atoms with Crippen LogP contribution in [0.2, 0.25) is 0 Å². The highest BCUT2D eigenvalue weighted by molar-refractivity contribution is 14.1. The van der Waals surface area contributed by atoms with E-state index in [1.54, 1.807) is 0 Å². The molecule has 4 aliphatic carbocycles. The van der Waals surface area contributed by atoms with Gasteiger partial charge in [-0.2, -0.15) is 0 Å². The Hall–Kier alpha value is 0.610. The summed E-state index contributed by atoms with van der Waals surface area (Å²) in [5, 5.41) is 29.5. The summed E-state index contributed by atoms with van der Waals surface area (Å²) in [6.07, 6.45) is 11.9. The van der Waals surface area contributed by atoms with Crippen LogP contribution in [0.25, 0.3) is 0 Å². The summed E-state index contributed by atoms with van der Waals surface area (Å²) >= 11 is 2.52. The van der Waals surface area contributed by atoms with E-state index in [-0.39, 0.29) is 12.2 Å². The minimum Gasteiger partial charge on any atom is -0.396 e. The molecule has 0 spiro atoms. The van der Waals surface area contributed by atoms with Gasteiger partial charge in [-0.05, 0) is 97.7 Å². The summed E-state index contributed by atoms with van der Waals surface area (Å²) in [4.78, 5) is 0. The van der Waals surface area contributed by atoms with Gasteiger partial charge in [0.2, 0.25) is 0 Å². The summed E-state index contributed by atoms with van der Waals surface area (Å²) in [5.74, 6) is 3.78. The molecule has 0 unspecified atom stereocenters. The Morgan fingerprint density at radius 2 is 1.20 bits per heavy atom. The van der Waals surface area contributed by atoms with Gasteiger partial charge in [0.1, 0.15) is 0 Å². The van der Waals surface area contributed by atoms with Crippen LogP contribution in [-0.2, 0) is 0 Å². The highest BCUT2D eigenvalue weighted by Gasteiger charge is 2.53. The lowest BCUT2D eigenvalue weighted by Crippen LogP contribution is -2.41. The van der Waals surface area contributed by atoms with Crippen LogP contribution >= 0.6 is 22.6 Å². The van der Waals surface area contributed by atoms with E-state index >= 15 is 0 Å². The van der Waals surface area contributed by atoms with Gasteiger partial charge in [0, 0.05) is 11.0 Å². The average Bonchev–Trinajstić information content (AvgIpc) is 3.26. The van der Waals surface area contributed by atoms with Crippen molar-refractivity contribution >= 4 is 22.6 Å². The summed E-state index contributed by atoms with van der Waals surface area (Å²) in [6, 6.07) is 0. The summed E-state index contributed by atoms with van der Waals surface area (Å²) in [5.41, 5.74) is 0.738. The number of alkyl halides is 1. The second-order valence-electron chi connectivity index (χ2n) is 11.8. The van der Waals surface area contributed by atoms with E-state index in [1.807, 2.05) is 0 Å². The molecular weight excluding hydrogens is 487 g/mol. The molecule has 176 valence electrons.